The number of aromatic nitrogens is 4. The van der Waals surface area contributed by atoms with Crippen LogP contribution in [0.2, 0.25) is 10.0 Å². The fourth-order valence-electron chi connectivity index (χ4n) is 1.87. The molecule has 2 aromatic carbocycles. The van der Waals surface area contributed by atoms with Gasteiger partial charge in [-0.3, -0.25) is 0 Å². The van der Waals surface area contributed by atoms with E-state index in [1.165, 1.54) is 0 Å². The summed E-state index contributed by atoms with van der Waals surface area (Å²) in [5, 5.41) is 12.8. The SMILES string of the molecule is Nc1cccc(-c2nnnn2-c2ccc(Cl)c(Br)c2)c1Cl. The molecule has 106 valence electrons. The number of rotatable bonds is 2. The monoisotopic (exact) mass is 383 g/mol. The molecule has 0 fully saturated rings. The Balaban J connectivity index is 2.17. The van der Waals surface area contributed by atoms with E-state index in [0.717, 1.165) is 10.2 Å². The minimum Gasteiger partial charge on any atom is -0.398 e. The second-order valence-corrected chi connectivity index (χ2v) is 5.86. The lowest BCUT2D eigenvalue weighted by Gasteiger charge is -2.08. The first kappa shape index (κ1) is 14.3. The molecular weight excluding hydrogens is 377 g/mol. The normalized spacial score (nSPS) is 10.8. The lowest BCUT2D eigenvalue weighted by molar-refractivity contribution is 0.791. The smallest absolute Gasteiger partial charge is 0.188 e. The molecule has 0 amide bonds. The molecule has 0 aliphatic rings. The van der Waals surface area contributed by atoms with E-state index in [1.807, 2.05) is 18.2 Å². The number of anilines is 1. The highest BCUT2D eigenvalue weighted by Gasteiger charge is 2.15. The van der Waals surface area contributed by atoms with Crippen LogP contribution in [-0.4, -0.2) is 20.2 Å². The molecule has 0 unspecified atom stereocenters. The third-order valence-electron chi connectivity index (χ3n) is 2.89. The van der Waals surface area contributed by atoms with Crippen LogP contribution in [0.4, 0.5) is 5.69 Å². The molecule has 0 spiro atoms. The van der Waals surface area contributed by atoms with Crippen molar-refractivity contribution in [3.8, 4) is 17.1 Å². The number of benzene rings is 2. The van der Waals surface area contributed by atoms with Crippen LogP contribution in [0.15, 0.2) is 40.9 Å². The van der Waals surface area contributed by atoms with Gasteiger partial charge in [-0.2, -0.15) is 4.68 Å². The third-order valence-corrected chi connectivity index (χ3v) is 4.52. The van der Waals surface area contributed by atoms with Crippen LogP contribution in [0, 0.1) is 0 Å². The van der Waals surface area contributed by atoms with Gasteiger partial charge in [0.15, 0.2) is 5.82 Å². The van der Waals surface area contributed by atoms with E-state index in [1.54, 1.807) is 22.9 Å². The van der Waals surface area contributed by atoms with Gasteiger partial charge >= 0.3 is 0 Å². The second-order valence-electron chi connectivity index (χ2n) is 4.22. The van der Waals surface area contributed by atoms with Crippen molar-refractivity contribution < 1.29 is 0 Å². The Labute approximate surface area is 138 Å². The Hall–Kier alpha value is -1.63. The molecule has 21 heavy (non-hydrogen) atoms. The van der Waals surface area contributed by atoms with Crippen molar-refractivity contribution >= 4 is 44.8 Å². The van der Waals surface area contributed by atoms with Gasteiger partial charge in [-0.05, 0) is 56.7 Å². The van der Waals surface area contributed by atoms with Gasteiger partial charge in [0.2, 0.25) is 0 Å². The Morgan fingerprint density at radius 1 is 1.14 bits per heavy atom. The summed E-state index contributed by atoms with van der Waals surface area (Å²) in [6.45, 7) is 0. The average Bonchev–Trinajstić information content (AvgIpc) is 2.94. The van der Waals surface area contributed by atoms with Gasteiger partial charge in [-0.15, -0.1) is 5.10 Å². The highest BCUT2D eigenvalue weighted by atomic mass is 79.9. The summed E-state index contributed by atoms with van der Waals surface area (Å²) in [5.41, 5.74) is 7.71. The lowest BCUT2D eigenvalue weighted by Crippen LogP contribution is -2.01. The number of tetrazole rings is 1. The van der Waals surface area contributed by atoms with Gasteiger partial charge in [0.1, 0.15) is 0 Å². The van der Waals surface area contributed by atoms with Crippen molar-refractivity contribution in [3.05, 3.63) is 50.9 Å². The number of hydrogen-bond donors (Lipinski definition) is 1. The fraction of sp³-hybridized carbons (Fsp3) is 0. The van der Waals surface area contributed by atoms with Crippen LogP contribution in [0.1, 0.15) is 0 Å². The molecule has 3 aromatic rings. The van der Waals surface area contributed by atoms with Crippen molar-refractivity contribution in [1.29, 1.82) is 0 Å². The van der Waals surface area contributed by atoms with E-state index < -0.39 is 0 Å². The van der Waals surface area contributed by atoms with E-state index in [4.69, 9.17) is 28.9 Å². The molecule has 2 N–H and O–H groups in total. The molecule has 0 aliphatic carbocycles. The number of hydrogen-bond acceptors (Lipinski definition) is 4. The summed E-state index contributed by atoms with van der Waals surface area (Å²) in [6.07, 6.45) is 0. The van der Waals surface area contributed by atoms with Crippen LogP contribution in [0.5, 0.6) is 0 Å². The molecule has 8 heteroatoms. The quantitative estimate of drug-likeness (QED) is 0.678. The Bertz CT molecular complexity index is 818. The molecular formula is C13H8BrCl2N5. The summed E-state index contributed by atoms with van der Waals surface area (Å²) in [6, 6.07) is 10.7. The summed E-state index contributed by atoms with van der Waals surface area (Å²) < 4.78 is 2.32. The topological polar surface area (TPSA) is 69.6 Å². The molecule has 0 aliphatic heterocycles. The number of nitrogens with two attached hydrogens (primary N) is 1. The maximum Gasteiger partial charge on any atom is 0.188 e. The average molecular weight is 385 g/mol. The van der Waals surface area contributed by atoms with Gasteiger partial charge in [0.25, 0.3) is 0 Å². The molecule has 5 nitrogen and oxygen atoms in total. The highest BCUT2D eigenvalue weighted by Crippen LogP contribution is 2.32. The lowest BCUT2D eigenvalue weighted by atomic mass is 10.2. The first-order valence-corrected chi connectivity index (χ1v) is 7.41. The van der Waals surface area contributed by atoms with Gasteiger partial charge < -0.3 is 5.73 Å². The summed E-state index contributed by atoms with van der Waals surface area (Å²) >= 11 is 15.6. The Morgan fingerprint density at radius 2 is 1.95 bits per heavy atom. The molecule has 0 saturated heterocycles. The van der Waals surface area contributed by atoms with Gasteiger partial charge in [-0.1, -0.05) is 29.3 Å². The van der Waals surface area contributed by atoms with Crippen molar-refractivity contribution in [2.24, 2.45) is 0 Å². The van der Waals surface area contributed by atoms with Crippen molar-refractivity contribution in [3.63, 3.8) is 0 Å². The van der Waals surface area contributed by atoms with Crippen LogP contribution < -0.4 is 5.73 Å². The zero-order chi connectivity index (χ0) is 15.0. The van der Waals surface area contributed by atoms with Crippen molar-refractivity contribution in [2.45, 2.75) is 0 Å². The maximum atomic E-state index is 6.24. The van der Waals surface area contributed by atoms with E-state index in [9.17, 15) is 0 Å². The Kier molecular flexibility index (Phi) is 3.84. The number of halogens is 3. The van der Waals surface area contributed by atoms with Crippen molar-refractivity contribution in [2.75, 3.05) is 5.73 Å². The molecule has 1 aromatic heterocycles. The van der Waals surface area contributed by atoms with Gasteiger partial charge in [0, 0.05) is 10.0 Å². The zero-order valence-corrected chi connectivity index (χ0v) is 13.6. The largest absolute Gasteiger partial charge is 0.398 e. The fourth-order valence-corrected chi connectivity index (χ4v) is 2.56. The van der Waals surface area contributed by atoms with E-state index in [0.29, 0.717) is 27.1 Å². The second kappa shape index (κ2) is 5.63. The highest BCUT2D eigenvalue weighted by molar-refractivity contribution is 9.10. The molecule has 1 heterocycles. The zero-order valence-electron chi connectivity index (χ0n) is 10.5. The standard InChI is InChI=1S/C13H8BrCl2N5/c14-9-6-7(4-5-10(9)15)21-13(18-19-20-21)8-2-1-3-11(17)12(8)16/h1-6H,17H2. The summed E-state index contributed by atoms with van der Waals surface area (Å²) in [7, 11) is 0. The van der Waals surface area contributed by atoms with Gasteiger partial charge in [-0.25, -0.2) is 0 Å². The first-order chi connectivity index (χ1) is 10.1. The third kappa shape index (κ3) is 2.62. The molecule has 0 saturated carbocycles. The molecule has 0 atom stereocenters. The number of nitrogen functional groups attached to an aromatic ring is 1. The number of nitrogens with zero attached hydrogens (tertiary/aromatic N) is 4. The summed E-state index contributed by atoms with van der Waals surface area (Å²) in [5.74, 6) is 0.501. The van der Waals surface area contributed by atoms with Crippen molar-refractivity contribution in [1.82, 2.24) is 20.2 Å². The van der Waals surface area contributed by atoms with E-state index >= 15 is 0 Å². The predicted molar refractivity (Wildman–Crippen MR) is 86.7 cm³/mol. The molecule has 0 radical (unpaired) electrons. The van der Waals surface area contributed by atoms with E-state index in [2.05, 4.69) is 31.5 Å². The van der Waals surface area contributed by atoms with Crippen LogP contribution in [0.25, 0.3) is 17.1 Å². The van der Waals surface area contributed by atoms with Crippen LogP contribution >= 0.6 is 39.1 Å². The van der Waals surface area contributed by atoms with Crippen LogP contribution in [-0.2, 0) is 0 Å². The van der Waals surface area contributed by atoms with Gasteiger partial charge in [0.05, 0.1) is 21.4 Å². The minimum atomic E-state index is 0.418. The Morgan fingerprint density at radius 3 is 2.71 bits per heavy atom. The van der Waals surface area contributed by atoms with Crippen LogP contribution in [0.3, 0.4) is 0 Å². The maximum absolute atomic E-state index is 6.24. The summed E-state index contributed by atoms with van der Waals surface area (Å²) in [4.78, 5) is 0. The predicted octanol–water partition coefficient (Wildman–Crippen LogP) is 3.98. The molecule has 3 rings (SSSR count). The van der Waals surface area contributed by atoms with E-state index in [-0.39, 0.29) is 0 Å². The first-order valence-electron chi connectivity index (χ1n) is 5.86. The molecule has 0 bridgehead atoms. The minimum absolute atomic E-state index is 0.418.